The Morgan fingerprint density at radius 2 is 2.06 bits per heavy atom. The predicted molar refractivity (Wildman–Crippen MR) is 66.0 cm³/mol. The van der Waals surface area contributed by atoms with Gasteiger partial charge in [0.05, 0.1) is 19.3 Å². The van der Waals surface area contributed by atoms with Crippen LogP contribution in [0, 0.1) is 5.92 Å². The molecular weight excluding hydrogens is 236 g/mol. The van der Waals surface area contributed by atoms with Gasteiger partial charge in [0.15, 0.2) is 0 Å². The summed E-state index contributed by atoms with van der Waals surface area (Å²) in [5.74, 6) is -1.68. The molecule has 6 heteroatoms. The Kier molecular flexibility index (Phi) is 4.70. The number of carboxylic acid groups (broad SMARTS) is 1. The van der Waals surface area contributed by atoms with Crippen molar-refractivity contribution in [1.29, 1.82) is 0 Å². The second-order valence-corrected chi connectivity index (χ2v) is 5.39. The summed E-state index contributed by atoms with van der Waals surface area (Å²) >= 11 is 0. The number of amides is 1. The zero-order valence-corrected chi connectivity index (χ0v) is 11.2. The summed E-state index contributed by atoms with van der Waals surface area (Å²) in [5, 5.41) is 9.10. The smallest absolute Gasteiger partial charge is 0.311 e. The van der Waals surface area contributed by atoms with Crippen LogP contribution in [-0.4, -0.2) is 53.2 Å². The minimum Gasteiger partial charge on any atom is -0.481 e. The maximum atomic E-state index is 12.1. The highest BCUT2D eigenvalue weighted by atomic mass is 16.5. The zero-order valence-electron chi connectivity index (χ0n) is 11.2. The van der Waals surface area contributed by atoms with E-state index in [2.05, 4.69) is 0 Å². The number of ether oxygens (including phenoxy) is 1. The third kappa shape index (κ3) is 3.68. The Morgan fingerprint density at radius 3 is 2.50 bits per heavy atom. The van der Waals surface area contributed by atoms with Crippen molar-refractivity contribution in [3.05, 3.63) is 0 Å². The van der Waals surface area contributed by atoms with Gasteiger partial charge < -0.3 is 20.5 Å². The van der Waals surface area contributed by atoms with Gasteiger partial charge in [-0.3, -0.25) is 9.59 Å². The fourth-order valence-corrected chi connectivity index (χ4v) is 2.17. The number of aliphatic carboxylic acids is 1. The molecule has 0 aliphatic carbocycles. The van der Waals surface area contributed by atoms with Crippen LogP contribution in [0.2, 0.25) is 0 Å². The molecule has 3 N–H and O–H groups in total. The van der Waals surface area contributed by atoms with E-state index in [9.17, 15) is 9.59 Å². The lowest BCUT2D eigenvalue weighted by Crippen LogP contribution is -2.49. The fourth-order valence-electron chi connectivity index (χ4n) is 2.17. The molecule has 0 saturated carbocycles. The molecule has 1 fully saturated rings. The molecule has 0 bridgehead atoms. The number of nitrogens with zero attached hydrogens (tertiary/aromatic N) is 1. The Morgan fingerprint density at radius 1 is 1.44 bits per heavy atom. The Bertz CT molecular complexity index is 325. The molecule has 1 aliphatic rings. The summed E-state index contributed by atoms with van der Waals surface area (Å²) in [6, 6.07) is -0.387. The van der Waals surface area contributed by atoms with Crippen LogP contribution >= 0.6 is 0 Å². The summed E-state index contributed by atoms with van der Waals surface area (Å²) in [6.45, 7) is 6.29. The maximum absolute atomic E-state index is 12.1. The molecule has 1 heterocycles. The Labute approximate surface area is 107 Å². The van der Waals surface area contributed by atoms with Crippen LogP contribution in [0.1, 0.15) is 27.2 Å². The quantitative estimate of drug-likeness (QED) is 0.727. The second kappa shape index (κ2) is 5.67. The van der Waals surface area contributed by atoms with E-state index in [1.807, 2.05) is 6.92 Å². The molecule has 0 radical (unpaired) electrons. The van der Waals surface area contributed by atoms with Gasteiger partial charge in [-0.1, -0.05) is 0 Å². The normalized spacial score (nSPS) is 24.0. The standard InChI is InChI=1S/C12H22N2O4/c1-4-14(10(15)5-12(2,3)13)9-7-18-6-8(9)11(16)17/h8-9H,4-7,13H2,1-3H3,(H,16,17). The van der Waals surface area contributed by atoms with Crippen LogP contribution in [0.25, 0.3) is 0 Å². The minimum absolute atomic E-state index is 0.119. The van der Waals surface area contributed by atoms with Crippen molar-refractivity contribution in [2.24, 2.45) is 11.7 Å². The van der Waals surface area contributed by atoms with Crippen molar-refractivity contribution in [1.82, 2.24) is 4.90 Å². The van der Waals surface area contributed by atoms with Crippen LogP contribution in [0.4, 0.5) is 0 Å². The van der Waals surface area contributed by atoms with E-state index in [-0.39, 0.29) is 31.6 Å². The Balaban J connectivity index is 2.76. The largest absolute Gasteiger partial charge is 0.481 e. The summed E-state index contributed by atoms with van der Waals surface area (Å²) < 4.78 is 5.19. The van der Waals surface area contributed by atoms with Crippen LogP contribution < -0.4 is 5.73 Å². The van der Waals surface area contributed by atoms with E-state index in [0.29, 0.717) is 6.54 Å². The average molecular weight is 258 g/mol. The van der Waals surface area contributed by atoms with Crippen molar-refractivity contribution in [2.45, 2.75) is 38.8 Å². The van der Waals surface area contributed by atoms with Gasteiger partial charge in [0, 0.05) is 18.5 Å². The first kappa shape index (κ1) is 14.9. The average Bonchev–Trinajstić information content (AvgIpc) is 2.64. The summed E-state index contributed by atoms with van der Waals surface area (Å²) in [6.07, 6.45) is 0.198. The first-order valence-corrected chi connectivity index (χ1v) is 6.15. The molecular formula is C12H22N2O4. The molecule has 0 aromatic rings. The molecule has 0 aromatic carbocycles. The third-order valence-electron chi connectivity index (χ3n) is 3.04. The van der Waals surface area contributed by atoms with E-state index < -0.39 is 17.4 Å². The molecule has 0 spiro atoms. The van der Waals surface area contributed by atoms with Crippen LogP contribution in [0.3, 0.4) is 0 Å². The van der Waals surface area contributed by atoms with E-state index >= 15 is 0 Å². The summed E-state index contributed by atoms with van der Waals surface area (Å²) in [4.78, 5) is 24.8. The molecule has 1 saturated heterocycles. The maximum Gasteiger partial charge on any atom is 0.311 e. The molecule has 104 valence electrons. The summed E-state index contributed by atoms with van der Waals surface area (Å²) in [5.41, 5.74) is 5.23. The van der Waals surface area contributed by atoms with Crippen molar-refractivity contribution in [2.75, 3.05) is 19.8 Å². The van der Waals surface area contributed by atoms with Crippen molar-refractivity contribution in [3.8, 4) is 0 Å². The monoisotopic (exact) mass is 258 g/mol. The number of carbonyl (C=O) groups is 2. The van der Waals surface area contributed by atoms with Crippen LogP contribution in [0.5, 0.6) is 0 Å². The summed E-state index contributed by atoms with van der Waals surface area (Å²) in [7, 11) is 0. The molecule has 1 aliphatic heterocycles. The first-order chi connectivity index (χ1) is 8.26. The van der Waals surface area contributed by atoms with Crippen molar-refractivity contribution >= 4 is 11.9 Å². The van der Waals surface area contributed by atoms with Gasteiger partial charge in [-0.25, -0.2) is 0 Å². The molecule has 0 aromatic heterocycles. The molecule has 18 heavy (non-hydrogen) atoms. The fraction of sp³-hybridized carbons (Fsp3) is 0.833. The second-order valence-electron chi connectivity index (χ2n) is 5.39. The number of rotatable bonds is 5. The van der Waals surface area contributed by atoms with Gasteiger partial charge in [0.2, 0.25) is 5.91 Å². The number of hydrogen-bond acceptors (Lipinski definition) is 4. The molecule has 2 unspecified atom stereocenters. The van der Waals surface area contributed by atoms with E-state index in [0.717, 1.165) is 0 Å². The van der Waals surface area contributed by atoms with Gasteiger partial charge >= 0.3 is 5.97 Å². The molecule has 1 rings (SSSR count). The highest BCUT2D eigenvalue weighted by Gasteiger charge is 2.39. The zero-order chi connectivity index (χ0) is 13.9. The SMILES string of the molecule is CCN(C(=O)CC(C)(C)N)C1COCC1C(=O)O. The first-order valence-electron chi connectivity index (χ1n) is 6.15. The number of nitrogens with two attached hydrogens (primary N) is 1. The number of carbonyl (C=O) groups excluding carboxylic acids is 1. The van der Waals surface area contributed by atoms with Crippen molar-refractivity contribution < 1.29 is 19.4 Å². The van der Waals surface area contributed by atoms with Gasteiger partial charge in [0.25, 0.3) is 0 Å². The van der Waals surface area contributed by atoms with Gasteiger partial charge in [-0.2, -0.15) is 0 Å². The lowest BCUT2D eigenvalue weighted by Gasteiger charge is -2.31. The van der Waals surface area contributed by atoms with Crippen LogP contribution in [-0.2, 0) is 14.3 Å². The van der Waals surface area contributed by atoms with E-state index in [4.69, 9.17) is 15.6 Å². The molecule has 2 atom stereocenters. The molecule has 1 amide bonds. The molecule has 6 nitrogen and oxygen atoms in total. The van der Waals surface area contributed by atoms with E-state index in [1.165, 1.54) is 0 Å². The van der Waals surface area contributed by atoms with Crippen molar-refractivity contribution in [3.63, 3.8) is 0 Å². The van der Waals surface area contributed by atoms with Crippen LogP contribution in [0.15, 0.2) is 0 Å². The lowest BCUT2D eigenvalue weighted by atomic mass is 9.98. The Hall–Kier alpha value is -1.14. The topological polar surface area (TPSA) is 92.9 Å². The number of carboxylic acids is 1. The minimum atomic E-state index is -0.921. The highest BCUT2D eigenvalue weighted by Crippen LogP contribution is 2.21. The van der Waals surface area contributed by atoms with Gasteiger partial charge in [0.1, 0.15) is 5.92 Å². The highest BCUT2D eigenvalue weighted by molar-refractivity contribution is 5.79. The van der Waals surface area contributed by atoms with Gasteiger partial charge in [-0.05, 0) is 20.8 Å². The lowest BCUT2D eigenvalue weighted by molar-refractivity contribution is -0.145. The number of likely N-dealkylation sites (N-methyl/N-ethyl adjacent to an activating group) is 1. The third-order valence-corrected chi connectivity index (χ3v) is 3.04. The predicted octanol–water partition coefficient (Wildman–Crippen LogP) is 0.0619. The van der Waals surface area contributed by atoms with Gasteiger partial charge in [-0.15, -0.1) is 0 Å². The number of hydrogen-bond donors (Lipinski definition) is 2. The van der Waals surface area contributed by atoms with E-state index in [1.54, 1.807) is 18.7 Å².